The monoisotopic (exact) mass is 360 g/mol. The molecule has 26 heavy (non-hydrogen) atoms. The van der Waals surface area contributed by atoms with E-state index in [-0.39, 0.29) is 17.7 Å². The van der Waals surface area contributed by atoms with Gasteiger partial charge in [-0.3, -0.25) is 9.59 Å². The Morgan fingerprint density at radius 2 is 2.08 bits per heavy atom. The first-order chi connectivity index (χ1) is 12.5. The van der Waals surface area contributed by atoms with Crippen molar-refractivity contribution >= 4 is 11.8 Å². The number of unbranched alkanes of at least 4 members (excludes halogenated alkanes) is 4. The van der Waals surface area contributed by atoms with Gasteiger partial charge in [0.05, 0.1) is 7.11 Å². The highest BCUT2D eigenvalue weighted by Crippen LogP contribution is 2.34. The van der Waals surface area contributed by atoms with Crippen molar-refractivity contribution in [2.75, 3.05) is 7.11 Å². The van der Waals surface area contributed by atoms with Crippen LogP contribution in [0.5, 0.6) is 0 Å². The van der Waals surface area contributed by atoms with Crippen LogP contribution in [0.4, 0.5) is 0 Å². The van der Waals surface area contributed by atoms with Gasteiger partial charge >= 0.3 is 5.97 Å². The van der Waals surface area contributed by atoms with E-state index in [0.29, 0.717) is 18.8 Å². The molecule has 0 saturated heterocycles. The summed E-state index contributed by atoms with van der Waals surface area (Å²) in [6.45, 7) is 8.62. The van der Waals surface area contributed by atoms with Gasteiger partial charge in [0.1, 0.15) is 0 Å². The van der Waals surface area contributed by atoms with E-state index in [1.54, 1.807) is 0 Å². The summed E-state index contributed by atoms with van der Waals surface area (Å²) in [5.74, 6) is 0.858. The lowest BCUT2D eigenvalue weighted by molar-refractivity contribution is -0.140. The summed E-state index contributed by atoms with van der Waals surface area (Å²) >= 11 is 0. The van der Waals surface area contributed by atoms with Crippen molar-refractivity contribution in [2.45, 2.75) is 78.1 Å². The van der Waals surface area contributed by atoms with Gasteiger partial charge in [-0.1, -0.05) is 69.9 Å². The summed E-state index contributed by atoms with van der Waals surface area (Å²) in [5, 5.41) is 0. The van der Waals surface area contributed by atoms with E-state index in [1.165, 1.54) is 26.4 Å². The van der Waals surface area contributed by atoms with Gasteiger partial charge in [0.2, 0.25) is 0 Å². The van der Waals surface area contributed by atoms with Crippen molar-refractivity contribution < 1.29 is 14.3 Å². The number of ether oxygens (including phenoxy) is 1. The molecule has 0 bridgehead atoms. The third kappa shape index (κ3) is 8.16. The number of hydrogen-bond donors (Lipinski definition) is 0. The quantitative estimate of drug-likeness (QED) is 0.187. The third-order valence-electron chi connectivity index (χ3n) is 5.08. The minimum atomic E-state index is -0.149. The third-order valence-corrected chi connectivity index (χ3v) is 5.08. The van der Waals surface area contributed by atoms with Crippen molar-refractivity contribution in [3.8, 4) is 0 Å². The fourth-order valence-electron chi connectivity index (χ4n) is 3.36. The Hall–Kier alpha value is -1.64. The first-order valence-corrected chi connectivity index (χ1v) is 10.1. The van der Waals surface area contributed by atoms with E-state index in [9.17, 15) is 9.59 Å². The van der Waals surface area contributed by atoms with Crippen LogP contribution in [-0.4, -0.2) is 18.9 Å². The second kappa shape index (κ2) is 12.7. The smallest absolute Gasteiger partial charge is 0.305 e. The molecule has 1 saturated carbocycles. The summed E-state index contributed by atoms with van der Waals surface area (Å²) in [7, 11) is 1.42. The number of hydrogen-bond acceptors (Lipinski definition) is 3. The first-order valence-electron chi connectivity index (χ1n) is 10.1. The molecule has 3 nitrogen and oxygen atoms in total. The zero-order valence-corrected chi connectivity index (χ0v) is 16.9. The Morgan fingerprint density at radius 1 is 1.31 bits per heavy atom. The fourth-order valence-corrected chi connectivity index (χ4v) is 3.36. The second-order valence-electron chi connectivity index (χ2n) is 7.48. The summed E-state index contributed by atoms with van der Waals surface area (Å²) < 4.78 is 4.64. The van der Waals surface area contributed by atoms with Gasteiger partial charge in [-0.25, -0.2) is 0 Å². The Bertz CT molecular complexity index is 528. The number of rotatable bonds is 12. The number of esters is 1. The molecule has 146 valence electrons. The van der Waals surface area contributed by atoms with Crippen molar-refractivity contribution in [1.82, 2.24) is 0 Å². The van der Waals surface area contributed by atoms with Crippen LogP contribution in [-0.2, 0) is 14.3 Å². The summed E-state index contributed by atoms with van der Waals surface area (Å²) in [5.41, 5.74) is 1.94. The molecular weight excluding hydrogens is 324 g/mol. The molecule has 0 aromatic heterocycles. The van der Waals surface area contributed by atoms with Gasteiger partial charge in [0.25, 0.3) is 0 Å². The number of Topliss-reactive ketones (excluding diaryl/α,β-unsaturated/α-hetero) is 1. The van der Waals surface area contributed by atoms with E-state index in [0.717, 1.165) is 43.3 Å². The molecule has 1 unspecified atom stereocenters. The molecule has 1 aliphatic rings. The number of ketones is 1. The van der Waals surface area contributed by atoms with Crippen molar-refractivity contribution in [1.29, 1.82) is 0 Å². The maximum atomic E-state index is 12.3. The predicted octanol–water partition coefficient (Wildman–Crippen LogP) is 5.95. The van der Waals surface area contributed by atoms with E-state index < -0.39 is 0 Å². The molecule has 1 fully saturated rings. The number of carbonyl (C=O) groups is 2. The summed E-state index contributed by atoms with van der Waals surface area (Å²) in [6.07, 6.45) is 16.0. The Morgan fingerprint density at radius 3 is 2.77 bits per heavy atom. The zero-order chi connectivity index (χ0) is 19.4. The van der Waals surface area contributed by atoms with Crippen molar-refractivity contribution in [3.63, 3.8) is 0 Å². The molecule has 2 atom stereocenters. The lowest BCUT2D eigenvalue weighted by Gasteiger charge is -2.10. The zero-order valence-electron chi connectivity index (χ0n) is 16.9. The molecule has 0 heterocycles. The van der Waals surface area contributed by atoms with Crippen molar-refractivity contribution in [3.05, 3.63) is 36.0 Å². The molecule has 0 spiro atoms. The average Bonchev–Trinajstić information content (AvgIpc) is 2.89. The molecule has 0 amide bonds. The lowest BCUT2D eigenvalue weighted by atomic mass is 9.95. The molecule has 0 N–H and O–H groups in total. The average molecular weight is 361 g/mol. The minimum Gasteiger partial charge on any atom is -0.469 e. The van der Waals surface area contributed by atoms with Crippen LogP contribution in [0.3, 0.4) is 0 Å². The molecule has 1 rings (SSSR count). The van der Waals surface area contributed by atoms with Gasteiger partial charge in [-0.15, -0.1) is 0 Å². The molecule has 3 heteroatoms. The molecule has 0 aromatic carbocycles. The Kier molecular flexibility index (Phi) is 10.9. The SMILES string of the molecule is C=C1CC(=O)/C(=C\CCCCCC(=O)OC)[C@H]1/C=C/CC(C)CCCC. The van der Waals surface area contributed by atoms with Crippen LogP contribution in [0.2, 0.25) is 0 Å². The second-order valence-corrected chi connectivity index (χ2v) is 7.48. The standard InChI is InChI=1S/C23H36O3/c1-5-6-12-18(2)13-11-15-20-19(3)17-22(24)21(20)14-9-7-8-10-16-23(25)26-4/h11,14-15,18,20H,3,5-10,12-13,16-17H2,1-2,4H3/b15-11+,21-14-/t18?,20-/m0/s1. The summed E-state index contributed by atoms with van der Waals surface area (Å²) in [4.78, 5) is 23.3. The van der Waals surface area contributed by atoms with E-state index >= 15 is 0 Å². The highest BCUT2D eigenvalue weighted by Gasteiger charge is 2.29. The topological polar surface area (TPSA) is 43.4 Å². The highest BCUT2D eigenvalue weighted by atomic mass is 16.5. The summed E-state index contributed by atoms with van der Waals surface area (Å²) in [6, 6.07) is 0. The van der Waals surface area contributed by atoms with Gasteiger partial charge < -0.3 is 4.74 Å². The largest absolute Gasteiger partial charge is 0.469 e. The number of allylic oxidation sites excluding steroid dienone is 5. The fraction of sp³-hybridized carbons (Fsp3) is 0.652. The van der Waals surface area contributed by atoms with E-state index in [1.807, 2.05) is 0 Å². The van der Waals surface area contributed by atoms with Crippen molar-refractivity contribution in [2.24, 2.45) is 11.8 Å². The number of methoxy groups -OCH3 is 1. The van der Waals surface area contributed by atoms with Gasteiger partial charge in [-0.05, 0) is 31.6 Å². The molecular formula is C23H36O3. The van der Waals surface area contributed by atoms with Crippen LogP contribution in [0.25, 0.3) is 0 Å². The van der Waals surface area contributed by atoms with E-state index in [2.05, 4.69) is 43.4 Å². The normalized spacial score (nSPS) is 20.3. The Labute approximate surface area is 159 Å². The predicted molar refractivity (Wildman–Crippen MR) is 108 cm³/mol. The van der Waals surface area contributed by atoms with Crippen LogP contribution < -0.4 is 0 Å². The van der Waals surface area contributed by atoms with Gasteiger partial charge in [0, 0.05) is 24.3 Å². The Balaban J connectivity index is 2.46. The maximum Gasteiger partial charge on any atom is 0.305 e. The molecule has 1 aliphatic carbocycles. The molecule has 0 aromatic rings. The number of carbonyl (C=O) groups excluding carboxylic acids is 2. The first kappa shape index (κ1) is 22.4. The molecule has 0 aliphatic heterocycles. The van der Waals surface area contributed by atoms with Gasteiger partial charge in [0.15, 0.2) is 5.78 Å². The van der Waals surface area contributed by atoms with E-state index in [4.69, 9.17) is 0 Å². The maximum absolute atomic E-state index is 12.3. The molecule has 0 radical (unpaired) electrons. The van der Waals surface area contributed by atoms with Crippen LogP contribution in [0.15, 0.2) is 36.0 Å². The minimum absolute atomic E-state index is 0.0935. The van der Waals surface area contributed by atoms with Gasteiger partial charge in [-0.2, -0.15) is 0 Å². The van der Waals surface area contributed by atoms with Crippen LogP contribution in [0, 0.1) is 11.8 Å². The van der Waals surface area contributed by atoms with Crippen LogP contribution in [0.1, 0.15) is 78.1 Å². The van der Waals surface area contributed by atoms with Crippen LogP contribution >= 0.6 is 0 Å². The highest BCUT2D eigenvalue weighted by molar-refractivity contribution is 6.01. The lowest BCUT2D eigenvalue weighted by Crippen LogP contribution is -2.01.